The molecular weight excluding hydrogens is 254 g/mol. The molecule has 1 aromatic carbocycles. The second kappa shape index (κ2) is 7.25. The average Bonchev–Trinajstić information content (AvgIpc) is 2.36. The Kier molecular flexibility index (Phi) is 5.95. The van der Waals surface area contributed by atoms with Gasteiger partial charge in [-0.2, -0.15) is 0 Å². The van der Waals surface area contributed by atoms with E-state index in [0.717, 1.165) is 10.6 Å². The molecule has 1 atom stereocenters. The lowest BCUT2D eigenvalue weighted by Crippen LogP contribution is -2.19. The van der Waals surface area contributed by atoms with E-state index in [1.165, 1.54) is 6.92 Å². The first-order valence-electron chi connectivity index (χ1n) is 5.15. The van der Waals surface area contributed by atoms with Crippen LogP contribution in [0.15, 0.2) is 29.2 Å². The number of para-hydroxylation sites is 1. The predicted molar refractivity (Wildman–Crippen MR) is 72.1 cm³/mol. The maximum Gasteiger partial charge on any atom is 0.395 e. The maximum atomic E-state index is 11.5. The van der Waals surface area contributed by atoms with E-state index in [9.17, 15) is 4.79 Å². The van der Waals surface area contributed by atoms with Gasteiger partial charge in [0.25, 0.3) is 0 Å². The summed E-state index contributed by atoms with van der Waals surface area (Å²) in [6, 6.07) is 6.60. The van der Waals surface area contributed by atoms with Crippen molar-refractivity contribution in [2.75, 3.05) is 5.75 Å². The Morgan fingerprint density at radius 1 is 1.53 bits per heavy atom. The predicted octanol–water partition coefficient (Wildman–Crippen LogP) is 3.66. The van der Waals surface area contributed by atoms with Crippen molar-refractivity contribution in [2.45, 2.75) is 24.8 Å². The number of hydrogen-bond donors (Lipinski definition) is 0. The number of carbonyl (C=O) groups excluding carboxylic acids is 1. The molecule has 0 saturated heterocycles. The summed E-state index contributed by atoms with van der Waals surface area (Å²) in [6.07, 6.45) is 0. The quantitative estimate of drug-likeness (QED) is 0.352. The van der Waals surface area contributed by atoms with Gasteiger partial charge in [-0.3, -0.25) is 0 Å². The van der Waals surface area contributed by atoms with Crippen LogP contribution in [-0.4, -0.2) is 17.8 Å². The van der Waals surface area contributed by atoms with Crippen LogP contribution in [0.2, 0.25) is 0 Å². The minimum absolute atomic E-state index is 0.505. The maximum absolute atomic E-state index is 11.5. The van der Waals surface area contributed by atoms with Crippen molar-refractivity contribution in [3.05, 3.63) is 35.7 Å². The van der Waals surface area contributed by atoms with Crippen molar-refractivity contribution in [2.24, 2.45) is 0 Å². The molecule has 0 amide bonds. The van der Waals surface area contributed by atoms with Gasteiger partial charge in [-0.15, -0.1) is 0 Å². The van der Waals surface area contributed by atoms with E-state index in [4.69, 9.17) is 11.3 Å². The number of nitrogens with zero attached hydrogens (tertiary/aromatic N) is 1. The van der Waals surface area contributed by atoms with E-state index < -0.39 is 12.0 Å². The van der Waals surface area contributed by atoms with Crippen molar-refractivity contribution < 1.29 is 9.53 Å². The zero-order valence-corrected chi connectivity index (χ0v) is 11.3. The Hall–Kier alpha value is -1.12. The standard InChI is InChI=1S/C12H13NO2S2/c1-4-16-17-11-8-6-5-7-10(11)15-12(14)9(2)13-3/h5-9H,4H2,1-2H3/t9-/m0/s1. The van der Waals surface area contributed by atoms with Crippen molar-refractivity contribution in [3.8, 4) is 5.75 Å². The Bertz CT molecular complexity index is 429. The number of benzene rings is 1. The highest BCUT2D eigenvalue weighted by molar-refractivity contribution is 8.76. The van der Waals surface area contributed by atoms with Gasteiger partial charge in [0.15, 0.2) is 0 Å². The third-order valence-corrected chi connectivity index (χ3v) is 4.33. The van der Waals surface area contributed by atoms with Crippen molar-refractivity contribution >= 4 is 27.6 Å². The number of hydrogen-bond acceptors (Lipinski definition) is 4. The second-order valence-electron chi connectivity index (χ2n) is 3.16. The Morgan fingerprint density at radius 2 is 2.24 bits per heavy atom. The van der Waals surface area contributed by atoms with Gasteiger partial charge in [-0.05, 0) is 12.1 Å². The minimum Gasteiger partial charge on any atom is -0.420 e. The fraction of sp³-hybridized carbons (Fsp3) is 0.333. The zero-order valence-electron chi connectivity index (χ0n) is 9.67. The second-order valence-corrected chi connectivity index (χ2v) is 5.79. The van der Waals surface area contributed by atoms with Crippen LogP contribution < -0.4 is 4.74 Å². The van der Waals surface area contributed by atoms with Crippen LogP contribution in [0.4, 0.5) is 0 Å². The van der Waals surface area contributed by atoms with Crippen molar-refractivity contribution in [1.29, 1.82) is 0 Å². The lowest BCUT2D eigenvalue weighted by Gasteiger charge is -2.08. The molecule has 0 aromatic heterocycles. The van der Waals surface area contributed by atoms with Crippen LogP contribution in [0.5, 0.6) is 5.75 Å². The summed E-state index contributed by atoms with van der Waals surface area (Å²) in [5.74, 6) is 0.999. The number of esters is 1. The molecule has 0 saturated carbocycles. The molecule has 0 aliphatic carbocycles. The highest BCUT2D eigenvalue weighted by Gasteiger charge is 2.20. The number of carbonyl (C=O) groups is 1. The summed E-state index contributed by atoms with van der Waals surface area (Å²) in [4.78, 5) is 15.6. The van der Waals surface area contributed by atoms with Gasteiger partial charge in [-0.25, -0.2) is 11.4 Å². The Morgan fingerprint density at radius 3 is 2.88 bits per heavy atom. The molecule has 1 rings (SSSR count). The summed E-state index contributed by atoms with van der Waals surface area (Å²) in [5.41, 5.74) is 0. The lowest BCUT2D eigenvalue weighted by atomic mass is 10.3. The molecule has 5 heteroatoms. The van der Waals surface area contributed by atoms with Crippen molar-refractivity contribution in [3.63, 3.8) is 0 Å². The van der Waals surface area contributed by atoms with Gasteiger partial charge >= 0.3 is 12.0 Å². The molecule has 90 valence electrons. The number of ether oxygens (including phenoxy) is 1. The Balaban J connectivity index is 2.76. The van der Waals surface area contributed by atoms with Crippen LogP contribution in [0, 0.1) is 6.57 Å². The minimum atomic E-state index is -0.758. The first-order chi connectivity index (χ1) is 8.19. The van der Waals surface area contributed by atoms with Crippen LogP contribution in [0.1, 0.15) is 13.8 Å². The van der Waals surface area contributed by atoms with E-state index in [2.05, 4.69) is 11.8 Å². The SMILES string of the molecule is [C-]#[N+][C@@H](C)C(=O)Oc1ccccc1SSCC. The summed E-state index contributed by atoms with van der Waals surface area (Å²) in [6.45, 7) is 10.4. The molecule has 3 nitrogen and oxygen atoms in total. The largest absolute Gasteiger partial charge is 0.420 e. The topological polar surface area (TPSA) is 30.7 Å². The fourth-order valence-electron chi connectivity index (χ4n) is 0.972. The van der Waals surface area contributed by atoms with E-state index in [1.807, 2.05) is 18.2 Å². The summed E-state index contributed by atoms with van der Waals surface area (Å²) in [5, 5.41) is 0. The fourth-order valence-corrected chi connectivity index (χ4v) is 2.69. The molecule has 0 aliphatic heterocycles. The molecule has 0 unspecified atom stereocenters. The number of rotatable bonds is 5. The Labute approximate surface area is 109 Å². The molecule has 1 aromatic rings. The van der Waals surface area contributed by atoms with Gasteiger partial charge in [0.1, 0.15) is 5.75 Å². The van der Waals surface area contributed by atoms with Crippen molar-refractivity contribution in [1.82, 2.24) is 0 Å². The molecule has 0 spiro atoms. The molecule has 0 fully saturated rings. The van der Waals surface area contributed by atoms with Gasteiger partial charge in [0.05, 0.1) is 4.90 Å². The molecule has 0 N–H and O–H groups in total. The van der Waals surface area contributed by atoms with E-state index in [1.54, 1.807) is 27.7 Å². The smallest absolute Gasteiger partial charge is 0.395 e. The third-order valence-electron chi connectivity index (χ3n) is 1.86. The highest BCUT2D eigenvalue weighted by atomic mass is 33.1. The van der Waals surface area contributed by atoms with Gasteiger partial charge in [0.2, 0.25) is 0 Å². The average molecular weight is 267 g/mol. The summed E-state index contributed by atoms with van der Waals surface area (Å²) >= 11 is 0. The first kappa shape index (κ1) is 13.9. The van der Waals surface area contributed by atoms with Crippen LogP contribution in [0.3, 0.4) is 0 Å². The van der Waals surface area contributed by atoms with Crippen LogP contribution in [0.25, 0.3) is 4.85 Å². The summed E-state index contributed by atoms with van der Waals surface area (Å²) < 4.78 is 5.21. The van der Waals surface area contributed by atoms with Gasteiger partial charge in [0, 0.05) is 12.7 Å². The first-order valence-corrected chi connectivity index (χ1v) is 7.47. The molecule has 0 heterocycles. The van der Waals surface area contributed by atoms with E-state index in [-0.39, 0.29) is 0 Å². The third kappa shape index (κ3) is 4.33. The molecule has 0 bridgehead atoms. The lowest BCUT2D eigenvalue weighted by molar-refractivity contribution is -0.134. The normalized spacial score (nSPS) is 11.6. The van der Waals surface area contributed by atoms with Crippen LogP contribution in [-0.2, 0) is 4.79 Å². The van der Waals surface area contributed by atoms with Gasteiger partial charge in [-0.1, -0.05) is 40.6 Å². The van der Waals surface area contributed by atoms with E-state index >= 15 is 0 Å². The van der Waals surface area contributed by atoms with Crippen LogP contribution >= 0.6 is 21.6 Å². The summed E-state index contributed by atoms with van der Waals surface area (Å²) in [7, 11) is 3.25. The molecule has 0 aliphatic rings. The zero-order chi connectivity index (χ0) is 12.7. The highest BCUT2D eigenvalue weighted by Crippen LogP contribution is 2.37. The van der Waals surface area contributed by atoms with E-state index in [0.29, 0.717) is 5.75 Å². The monoisotopic (exact) mass is 267 g/mol. The van der Waals surface area contributed by atoms with Gasteiger partial charge < -0.3 is 9.58 Å². The molecule has 17 heavy (non-hydrogen) atoms. The molecule has 0 radical (unpaired) electrons. The molecular formula is C12H13NO2S2.